The van der Waals surface area contributed by atoms with E-state index in [0.29, 0.717) is 11.6 Å². The van der Waals surface area contributed by atoms with E-state index >= 15 is 0 Å². The van der Waals surface area contributed by atoms with Crippen LogP contribution >= 0.6 is 46.6 Å². The highest BCUT2D eigenvalue weighted by Crippen LogP contribution is 2.41. The molecule has 1 aromatic carbocycles. The standard InChI is InChI=1S/C24H26Cl3N3O6S/c1-13-10-17(22(33)35-12-24(25,26)27)30-20(32)19(21(30)37-13)28-18(31)11-29(16-6-4-3-5-7-16)23(34)36-14(2)15-8-9-15/h3-7,10,13-15,19,21H,8-9,11-12H2,1-2H3,(H,28,31)/t13?,14?,19?,21-/m0/s1. The Morgan fingerprint density at radius 3 is 2.51 bits per heavy atom. The number of alkyl halides is 3. The lowest BCUT2D eigenvalue weighted by Crippen LogP contribution is -2.71. The Morgan fingerprint density at radius 2 is 1.89 bits per heavy atom. The summed E-state index contributed by atoms with van der Waals surface area (Å²) in [5.74, 6) is -1.49. The molecular weight excluding hydrogens is 565 g/mol. The van der Waals surface area contributed by atoms with Crippen LogP contribution in [0.3, 0.4) is 0 Å². The number of rotatable bonds is 8. The molecule has 1 aliphatic carbocycles. The first-order valence-electron chi connectivity index (χ1n) is 11.7. The van der Waals surface area contributed by atoms with Crippen LogP contribution < -0.4 is 10.2 Å². The van der Waals surface area contributed by atoms with Crippen LogP contribution in [0.2, 0.25) is 0 Å². The van der Waals surface area contributed by atoms with E-state index in [1.807, 2.05) is 13.8 Å². The number of ether oxygens (including phenoxy) is 2. The first-order valence-corrected chi connectivity index (χ1v) is 13.8. The summed E-state index contributed by atoms with van der Waals surface area (Å²) in [6.45, 7) is 2.86. The molecule has 2 fully saturated rings. The lowest BCUT2D eigenvalue weighted by Gasteiger charge is -2.49. The van der Waals surface area contributed by atoms with Gasteiger partial charge in [0.2, 0.25) is 9.70 Å². The number of halogens is 3. The molecule has 0 radical (unpaired) electrons. The Kier molecular flexibility index (Phi) is 8.52. The second kappa shape index (κ2) is 11.3. The van der Waals surface area contributed by atoms with Gasteiger partial charge in [-0.25, -0.2) is 9.59 Å². The average molecular weight is 591 g/mol. The van der Waals surface area contributed by atoms with E-state index in [4.69, 9.17) is 44.3 Å². The summed E-state index contributed by atoms with van der Waals surface area (Å²) in [5, 5.41) is 2.02. The van der Waals surface area contributed by atoms with Gasteiger partial charge in [0.05, 0.1) is 0 Å². The number of amides is 3. The number of fused-ring (bicyclic) bond motifs is 1. The molecule has 1 N–H and O–H groups in total. The minimum Gasteiger partial charge on any atom is -0.456 e. The summed E-state index contributed by atoms with van der Waals surface area (Å²) >= 11 is 18.4. The Balaban J connectivity index is 1.41. The molecule has 0 aromatic heterocycles. The van der Waals surface area contributed by atoms with Crippen LogP contribution in [0, 0.1) is 5.92 Å². The quantitative estimate of drug-likeness (QED) is 0.277. The first-order chi connectivity index (χ1) is 17.4. The number of nitrogens with one attached hydrogen (secondary N) is 1. The normalized spacial score (nSPS) is 23.7. The Morgan fingerprint density at radius 1 is 1.22 bits per heavy atom. The van der Waals surface area contributed by atoms with Crippen molar-refractivity contribution in [2.45, 2.75) is 53.3 Å². The van der Waals surface area contributed by atoms with Crippen LogP contribution in [0.5, 0.6) is 0 Å². The molecule has 37 heavy (non-hydrogen) atoms. The van der Waals surface area contributed by atoms with E-state index in [1.165, 1.54) is 21.6 Å². The van der Waals surface area contributed by atoms with Crippen molar-refractivity contribution in [2.75, 3.05) is 18.1 Å². The number of carbonyl (C=O) groups is 4. The Hall–Kier alpha value is -2.14. The molecule has 13 heteroatoms. The molecular formula is C24H26Cl3N3O6S. The zero-order valence-corrected chi connectivity index (χ0v) is 23.1. The van der Waals surface area contributed by atoms with Crippen LogP contribution in [0.4, 0.5) is 10.5 Å². The molecule has 1 saturated carbocycles. The molecule has 3 amide bonds. The third kappa shape index (κ3) is 6.85. The van der Waals surface area contributed by atoms with Crippen LogP contribution in [-0.4, -0.2) is 68.5 Å². The summed E-state index contributed by atoms with van der Waals surface area (Å²) in [6, 6.07) is 7.81. The number of anilines is 1. The van der Waals surface area contributed by atoms with Crippen molar-refractivity contribution in [3.8, 4) is 0 Å². The predicted molar refractivity (Wildman–Crippen MR) is 141 cm³/mol. The minimum absolute atomic E-state index is 0.0320. The summed E-state index contributed by atoms with van der Waals surface area (Å²) in [6.07, 6.45) is 2.71. The number of carbonyl (C=O) groups excluding carboxylic acids is 4. The van der Waals surface area contributed by atoms with Crippen molar-refractivity contribution in [3.05, 3.63) is 42.1 Å². The van der Waals surface area contributed by atoms with Gasteiger partial charge in [-0.3, -0.25) is 19.4 Å². The summed E-state index contributed by atoms with van der Waals surface area (Å²) in [4.78, 5) is 53.9. The van der Waals surface area contributed by atoms with Crippen molar-refractivity contribution >= 4 is 76.1 Å². The molecule has 200 valence electrons. The number of hydrogen-bond acceptors (Lipinski definition) is 7. The molecule has 2 aliphatic heterocycles. The van der Waals surface area contributed by atoms with E-state index in [2.05, 4.69) is 5.32 Å². The van der Waals surface area contributed by atoms with Gasteiger partial charge in [-0.15, -0.1) is 11.8 Å². The van der Waals surface area contributed by atoms with Crippen molar-refractivity contribution < 1.29 is 28.7 Å². The maximum absolute atomic E-state index is 13.0. The van der Waals surface area contributed by atoms with E-state index in [0.717, 1.165) is 12.8 Å². The molecule has 0 spiro atoms. The van der Waals surface area contributed by atoms with Crippen LogP contribution in [0.1, 0.15) is 26.7 Å². The molecule has 0 bridgehead atoms. The average Bonchev–Trinajstić information content (AvgIpc) is 3.69. The molecule has 3 unspecified atom stereocenters. The van der Waals surface area contributed by atoms with Gasteiger partial charge >= 0.3 is 12.1 Å². The highest BCUT2D eigenvalue weighted by Gasteiger charge is 2.54. The van der Waals surface area contributed by atoms with Gasteiger partial charge in [0.1, 0.15) is 36.4 Å². The number of thioether (sulfide) groups is 1. The highest BCUT2D eigenvalue weighted by molar-refractivity contribution is 8.00. The molecule has 4 atom stereocenters. The maximum atomic E-state index is 13.0. The van der Waals surface area contributed by atoms with Gasteiger partial charge in [0.15, 0.2) is 0 Å². The number of nitrogens with zero attached hydrogens (tertiary/aromatic N) is 2. The summed E-state index contributed by atoms with van der Waals surface area (Å²) in [7, 11) is 0. The number of para-hydroxylation sites is 1. The van der Waals surface area contributed by atoms with Crippen LogP contribution in [-0.2, 0) is 23.9 Å². The van der Waals surface area contributed by atoms with Gasteiger partial charge in [0, 0.05) is 10.9 Å². The zero-order chi connectivity index (χ0) is 26.9. The van der Waals surface area contributed by atoms with Crippen molar-refractivity contribution in [2.24, 2.45) is 5.92 Å². The molecule has 3 aliphatic rings. The van der Waals surface area contributed by atoms with E-state index in [1.54, 1.807) is 36.4 Å². The minimum atomic E-state index is -1.79. The van der Waals surface area contributed by atoms with E-state index in [9.17, 15) is 19.2 Å². The SMILES string of the molecule is CC1C=C(C(=O)OCC(Cl)(Cl)Cl)N2C(=O)C(NC(=O)CN(C(=O)OC(C)C3CC3)c3ccccc3)[C@@H]2S1. The van der Waals surface area contributed by atoms with E-state index < -0.39 is 45.7 Å². The third-order valence-corrected chi connectivity index (χ3v) is 7.76. The molecule has 4 rings (SSSR count). The fourth-order valence-electron chi connectivity index (χ4n) is 4.06. The van der Waals surface area contributed by atoms with E-state index in [-0.39, 0.29) is 23.6 Å². The fourth-order valence-corrected chi connectivity index (χ4v) is 5.55. The largest absolute Gasteiger partial charge is 0.456 e. The Bertz CT molecular complexity index is 1090. The van der Waals surface area contributed by atoms with Gasteiger partial charge < -0.3 is 14.8 Å². The zero-order valence-electron chi connectivity index (χ0n) is 20.1. The summed E-state index contributed by atoms with van der Waals surface area (Å²) < 4.78 is 8.84. The first kappa shape index (κ1) is 27.9. The lowest BCUT2D eigenvalue weighted by molar-refractivity contribution is -0.152. The van der Waals surface area contributed by atoms with Gasteiger partial charge in [-0.05, 0) is 50.8 Å². The predicted octanol–water partition coefficient (Wildman–Crippen LogP) is 4.01. The number of hydrogen-bond donors (Lipinski definition) is 1. The second-order valence-electron chi connectivity index (χ2n) is 9.08. The smallest absolute Gasteiger partial charge is 0.415 e. The molecule has 9 nitrogen and oxygen atoms in total. The topological polar surface area (TPSA) is 105 Å². The van der Waals surface area contributed by atoms with Gasteiger partial charge in [0.25, 0.3) is 5.91 Å². The molecule has 2 heterocycles. The number of esters is 1. The fraction of sp³-hybridized carbons (Fsp3) is 0.500. The Labute approximate surface area is 233 Å². The maximum Gasteiger partial charge on any atom is 0.415 e. The second-order valence-corrected chi connectivity index (χ2v) is 13.1. The molecule has 1 aromatic rings. The van der Waals surface area contributed by atoms with Crippen LogP contribution in [0.25, 0.3) is 0 Å². The monoisotopic (exact) mass is 589 g/mol. The van der Waals surface area contributed by atoms with Crippen molar-refractivity contribution in [1.82, 2.24) is 10.2 Å². The molecule has 1 saturated heterocycles. The lowest BCUT2D eigenvalue weighted by atomic mass is 10.0. The third-order valence-electron chi connectivity index (χ3n) is 6.10. The van der Waals surface area contributed by atoms with Gasteiger partial charge in [-0.1, -0.05) is 53.0 Å². The number of β-lactam (4-membered cyclic amide) rings is 1. The van der Waals surface area contributed by atoms with Gasteiger partial charge in [-0.2, -0.15) is 0 Å². The summed E-state index contributed by atoms with van der Waals surface area (Å²) in [5.41, 5.74) is 0.527. The number of benzene rings is 1. The van der Waals surface area contributed by atoms with Crippen LogP contribution in [0.15, 0.2) is 42.1 Å². The van der Waals surface area contributed by atoms with Crippen molar-refractivity contribution in [3.63, 3.8) is 0 Å². The highest BCUT2D eigenvalue weighted by atomic mass is 35.6. The van der Waals surface area contributed by atoms with Crippen molar-refractivity contribution in [1.29, 1.82) is 0 Å².